The molecule has 1 aromatic rings. The second-order valence-corrected chi connectivity index (χ2v) is 3.15. The Kier molecular flexibility index (Phi) is 4.62. The van der Waals surface area contributed by atoms with Crippen molar-refractivity contribution in [1.29, 1.82) is 0 Å². The summed E-state index contributed by atoms with van der Waals surface area (Å²) in [7, 11) is 0. The summed E-state index contributed by atoms with van der Waals surface area (Å²) in [6.07, 6.45) is 3.58. The number of allylic oxidation sites excluding steroid dienone is 2. The van der Waals surface area contributed by atoms with Crippen molar-refractivity contribution in [2.45, 2.75) is 19.8 Å². The van der Waals surface area contributed by atoms with Crippen LogP contribution in [0, 0.1) is 0 Å². The number of hydrogen-bond acceptors (Lipinski definition) is 2. The third kappa shape index (κ3) is 4.55. The maximum atomic E-state index is 8.89. The molecule has 1 N–H and O–H groups in total. The second-order valence-electron chi connectivity index (χ2n) is 3.15. The van der Waals surface area contributed by atoms with Crippen LogP contribution in [0.1, 0.15) is 19.8 Å². The van der Waals surface area contributed by atoms with Gasteiger partial charge in [-0.15, -0.1) is 0 Å². The van der Waals surface area contributed by atoms with E-state index >= 15 is 0 Å². The number of ether oxygens (including phenoxy) is 1. The Bertz CT molecular complexity index is 274. The third-order valence-corrected chi connectivity index (χ3v) is 1.80. The topological polar surface area (TPSA) is 29.5 Å². The molecule has 0 unspecified atom stereocenters. The lowest BCUT2D eigenvalue weighted by Crippen LogP contribution is -1.96. The van der Waals surface area contributed by atoms with E-state index in [1.54, 1.807) is 13.0 Å². The molecule has 14 heavy (non-hydrogen) atoms. The summed E-state index contributed by atoms with van der Waals surface area (Å²) in [5.74, 6) is 1.28. The number of hydrogen-bond donors (Lipinski definition) is 1. The van der Waals surface area contributed by atoms with Gasteiger partial charge in [0.15, 0.2) is 0 Å². The van der Waals surface area contributed by atoms with Gasteiger partial charge in [-0.25, -0.2) is 0 Å². The zero-order valence-electron chi connectivity index (χ0n) is 8.44. The van der Waals surface area contributed by atoms with Crippen LogP contribution in [-0.4, -0.2) is 11.7 Å². The first kappa shape index (κ1) is 10.6. The fraction of sp³-hybridized carbons (Fsp3) is 0.333. The molecule has 0 amide bonds. The van der Waals surface area contributed by atoms with Gasteiger partial charge < -0.3 is 9.84 Å². The molecule has 0 saturated carbocycles. The van der Waals surface area contributed by atoms with Crippen molar-refractivity contribution in [3.63, 3.8) is 0 Å². The van der Waals surface area contributed by atoms with Gasteiger partial charge >= 0.3 is 0 Å². The molecule has 0 atom stereocenters. The van der Waals surface area contributed by atoms with Crippen molar-refractivity contribution >= 4 is 0 Å². The lowest BCUT2D eigenvalue weighted by Gasteiger charge is -2.03. The Morgan fingerprint density at radius 2 is 2.07 bits per heavy atom. The van der Waals surface area contributed by atoms with Crippen LogP contribution in [-0.2, 0) is 0 Å². The van der Waals surface area contributed by atoms with Crippen molar-refractivity contribution in [2.75, 3.05) is 6.61 Å². The van der Waals surface area contributed by atoms with Crippen LogP contribution in [0.25, 0.3) is 0 Å². The van der Waals surface area contributed by atoms with Gasteiger partial charge in [-0.05, 0) is 38.0 Å². The van der Waals surface area contributed by atoms with E-state index in [0.29, 0.717) is 12.4 Å². The minimum atomic E-state index is 0.379. The fourth-order valence-corrected chi connectivity index (χ4v) is 1.10. The van der Waals surface area contributed by atoms with Crippen molar-refractivity contribution < 1.29 is 9.84 Å². The smallest absolute Gasteiger partial charge is 0.119 e. The van der Waals surface area contributed by atoms with Crippen LogP contribution in [0.5, 0.6) is 5.75 Å². The number of aliphatic hydroxyl groups excluding tert-OH is 1. The van der Waals surface area contributed by atoms with Crippen LogP contribution in [0.2, 0.25) is 0 Å². The Morgan fingerprint density at radius 3 is 2.71 bits per heavy atom. The van der Waals surface area contributed by atoms with Gasteiger partial charge in [0, 0.05) is 0 Å². The molecular weight excluding hydrogens is 176 g/mol. The maximum Gasteiger partial charge on any atom is 0.119 e. The van der Waals surface area contributed by atoms with Crippen LogP contribution in [0.15, 0.2) is 42.2 Å². The SMILES string of the molecule is CC(O)=CCCCOc1ccccc1. The minimum absolute atomic E-state index is 0.379. The number of aliphatic hydroxyl groups is 1. The van der Waals surface area contributed by atoms with Crippen LogP contribution in [0.3, 0.4) is 0 Å². The van der Waals surface area contributed by atoms with Crippen LogP contribution >= 0.6 is 0 Å². The van der Waals surface area contributed by atoms with Gasteiger partial charge in [0.2, 0.25) is 0 Å². The highest BCUT2D eigenvalue weighted by molar-refractivity contribution is 5.20. The first-order valence-corrected chi connectivity index (χ1v) is 4.82. The molecule has 1 rings (SSSR count). The average Bonchev–Trinajstić information content (AvgIpc) is 2.18. The summed E-state index contributed by atoms with van der Waals surface area (Å²) in [4.78, 5) is 0. The zero-order chi connectivity index (χ0) is 10.2. The summed E-state index contributed by atoms with van der Waals surface area (Å²) in [5.41, 5.74) is 0. The van der Waals surface area contributed by atoms with Crippen LogP contribution < -0.4 is 4.74 Å². The molecular formula is C12H16O2. The predicted octanol–water partition coefficient (Wildman–Crippen LogP) is 3.31. The molecule has 2 nitrogen and oxygen atoms in total. The zero-order valence-corrected chi connectivity index (χ0v) is 8.44. The third-order valence-electron chi connectivity index (χ3n) is 1.80. The fourth-order valence-electron chi connectivity index (χ4n) is 1.10. The molecule has 0 aromatic heterocycles. The summed E-state index contributed by atoms with van der Waals surface area (Å²) >= 11 is 0. The molecule has 1 aromatic carbocycles. The molecule has 0 aliphatic rings. The Hall–Kier alpha value is -1.44. The van der Waals surface area contributed by atoms with E-state index in [9.17, 15) is 0 Å². The standard InChI is InChI=1S/C12H16O2/c1-11(13)7-5-6-10-14-12-8-3-2-4-9-12/h2-4,7-9,13H,5-6,10H2,1H3. The van der Waals surface area contributed by atoms with Crippen LogP contribution in [0.4, 0.5) is 0 Å². The minimum Gasteiger partial charge on any atom is -0.513 e. The van der Waals surface area contributed by atoms with E-state index in [2.05, 4.69) is 0 Å². The number of rotatable bonds is 5. The average molecular weight is 192 g/mol. The van der Waals surface area contributed by atoms with Gasteiger partial charge in [-0.2, -0.15) is 0 Å². The Balaban J connectivity index is 2.14. The summed E-state index contributed by atoms with van der Waals surface area (Å²) < 4.78 is 5.48. The number of benzene rings is 1. The first-order chi connectivity index (χ1) is 6.79. The Morgan fingerprint density at radius 1 is 1.36 bits per heavy atom. The highest BCUT2D eigenvalue weighted by atomic mass is 16.5. The molecule has 0 heterocycles. The highest BCUT2D eigenvalue weighted by Crippen LogP contribution is 2.08. The first-order valence-electron chi connectivity index (χ1n) is 4.82. The van der Waals surface area contributed by atoms with Crippen molar-refractivity contribution in [1.82, 2.24) is 0 Å². The van der Waals surface area contributed by atoms with Gasteiger partial charge in [-0.3, -0.25) is 0 Å². The molecule has 2 heteroatoms. The van der Waals surface area contributed by atoms with Gasteiger partial charge in [0.25, 0.3) is 0 Å². The Labute approximate surface area is 84.8 Å². The highest BCUT2D eigenvalue weighted by Gasteiger charge is 1.90. The van der Waals surface area contributed by atoms with E-state index in [1.807, 2.05) is 30.3 Å². The van der Waals surface area contributed by atoms with E-state index < -0.39 is 0 Å². The molecule has 0 aliphatic carbocycles. The summed E-state index contributed by atoms with van der Waals surface area (Å²) in [6.45, 7) is 2.37. The molecule has 0 radical (unpaired) electrons. The lowest BCUT2D eigenvalue weighted by molar-refractivity contribution is 0.311. The predicted molar refractivity (Wildman–Crippen MR) is 57.6 cm³/mol. The summed E-state index contributed by atoms with van der Waals surface area (Å²) in [5, 5.41) is 8.89. The van der Waals surface area contributed by atoms with E-state index in [1.165, 1.54) is 0 Å². The van der Waals surface area contributed by atoms with E-state index in [4.69, 9.17) is 9.84 Å². The van der Waals surface area contributed by atoms with E-state index in [0.717, 1.165) is 18.6 Å². The quantitative estimate of drug-likeness (QED) is 0.573. The second kappa shape index (κ2) is 6.08. The van der Waals surface area contributed by atoms with Crippen molar-refractivity contribution in [2.24, 2.45) is 0 Å². The van der Waals surface area contributed by atoms with Gasteiger partial charge in [0.1, 0.15) is 5.75 Å². The van der Waals surface area contributed by atoms with Gasteiger partial charge in [-0.1, -0.05) is 18.2 Å². The number of unbranched alkanes of at least 4 members (excludes halogenated alkanes) is 1. The molecule has 0 aliphatic heterocycles. The van der Waals surface area contributed by atoms with Crippen molar-refractivity contribution in [3.05, 3.63) is 42.2 Å². The molecule has 0 spiro atoms. The monoisotopic (exact) mass is 192 g/mol. The van der Waals surface area contributed by atoms with Gasteiger partial charge in [0.05, 0.1) is 12.4 Å². The van der Waals surface area contributed by atoms with E-state index in [-0.39, 0.29) is 0 Å². The molecule has 0 saturated heterocycles. The normalized spacial score (nSPS) is 11.4. The molecule has 0 bridgehead atoms. The largest absolute Gasteiger partial charge is 0.513 e. The molecule has 0 fully saturated rings. The molecule has 76 valence electrons. The van der Waals surface area contributed by atoms with Crippen molar-refractivity contribution in [3.8, 4) is 5.75 Å². The maximum absolute atomic E-state index is 8.89. The summed E-state index contributed by atoms with van der Waals surface area (Å²) in [6, 6.07) is 9.74. The lowest BCUT2D eigenvalue weighted by atomic mass is 10.3. The number of para-hydroxylation sites is 1.